The highest BCUT2D eigenvalue weighted by Crippen LogP contribution is 2.15. The summed E-state index contributed by atoms with van der Waals surface area (Å²) in [7, 11) is 0. The van der Waals surface area contributed by atoms with Crippen molar-refractivity contribution in [1.82, 2.24) is 0 Å². The molecule has 1 aromatic rings. The first kappa shape index (κ1) is 12.4. The van der Waals surface area contributed by atoms with Crippen LogP contribution in [0.15, 0.2) is 24.5 Å². The van der Waals surface area contributed by atoms with Crippen LogP contribution in [0.2, 0.25) is 0 Å². The van der Waals surface area contributed by atoms with Gasteiger partial charge in [0.05, 0.1) is 5.56 Å². The van der Waals surface area contributed by atoms with Crippen LogP contribution in [0.1, 0.15) is 17.3 Å². The van der Waals surface area contributed by atoms with Gasteiger partial charge in [0.25, 0.3) is 0 Å². The zero-order valence-electron chi connectivity index (χ0n) is 8.41. The molecule has 0 amide bonds. The van der Waals surface area contributed by atoms with Crippen LogP contribution < -0.4 is 4.57 Å². The van der Waals surface area contributed by atoms with E-state index in [1.54, 1.807) is 0 Å². The van der Waals surface area contributed by atoms with Crippen LogP contribution in [0.25, 0.3) is 0 Å². The van der Waals surface area contributed by atoms with E-state index < -0.39 is 18.5 Å². The molecule has 0 N–H and O–H groups in total. The molecule has 0 bridgehead atoms. The number of aromatic nitrogens is 1. The van der Waals surface area contributed by atoms with Gasteiger partial charge in [-0.3, -0.25) is 9.59 Å². The quantitative estimate of drug-likeness (QED) is 0.582. The van der Waals surface area contributed by atoms with Crippen molar-refractivity contribution in [2.45, 2.75) is 19.6 Å². The van der Waals surface area contributed by atoms with Gasteiger partial charge in [0.2, 0.25) is 6.54 Å². The highest BCUT2D eigenvalue weighted by atomic mass is 19.4. The third kappa shape index (κ3) is 3.15. The van der Waals surface area contributed by atoms with Gasteiger partial charge in [0, 0.05) is 6.07 Å². The second-order valence-corrected chi connectivity index (χ2v) is 3.24. The molecule has 1 heterocycles. The molecule has 0 saturated carbocycles. The Morgan fingerprint density at radius 1 is 1.38 bits per heavy atom. The van der Waals surface area contributed by atoms with Crippen molar-refractivity contribution >= 4 is 11.6 Å². The van der Waals surface area contributed by atoms with Crippen LogP contribution >= 0.6 is 0 Å². The van der Waals surface area contributed by atoms with E-state index in [0.29, 0.717) is 0 Å². The maximum absolute atomic E-state index is 12.0. The van der Waals surface area contributed by atoms with Gasteiger partial charge in [-0.15, -0.1) is 0 Å². The molecular formula is C10H9F3NO2+. The molecule has 0 aliphatic heterocycles. The summed E-state index contributed by atoms with van der Waals surface area (Å²) in [5.74, 6) is -2.12. The number of ketones is 2. The lowest BCUT2D eigenvalue weighted by molar-refractivity contribution is -0.685. The van der Waals surface area contributed by atoms with Crippen molar-refractivity contribution in [3.8, 4) is 0 Å². The number of halogens is 3. The standard InChI is InChI=1S/C10H9F3NO2/c1-7(15)8-3-2-4-14(5-8)6-9(16)10(11,12)13/h2-5H,6H2,1H3/q+1. The number of hydrogen-bond acceptors (Lipinski definition) is 2. The topological polar surface area (TPSA) is 38.0 Å². The minimum Gasteiger partial charge on any atom is -0.294 e. The van der Waals surface area contributed by atoms with E-state index in [0.717, 1.165) is 4.57 Å². The summed E-state index contributed by atoms with van der Waals surface area (Å²) in [4.78, 5) is 21.6. The summed E-state index contributed by atoms with van der Waals surface area (Å²) in [6.45, 7) is 0.482. The summed E-state index contributed by atoms with van der Waals surface area (Å²) in [6.07, 6.45) is -2.33. The molecule has 3 nitrogen and oxygen atoms in total. The fourth-order valence-corrected chi connectivity index (χ4v) is 1.08. The second-order valence-electron chi connectivity index (χ2n) is 3.24. The average molecular weight is 232 g/mol. The highest BCUT2D eigenvalue weighted by molar-refractivity contribution is 5.93. The molecule has 0 fully saturated rings. The molecule has 0 radical (unpaired) electrons. The predicted molar refractivity (Wildman–Crippen MR) is 47.7 cm³/mol. The number of nitrogens with zero attached hydrogens (tertiary/aromatic N) is 1. The van der Waals surface area contributed by atoms with Crippen molar-refractivity contribution in [1.29, 1.82) is 0 Å². The van der Waals surface area contributed by atoms with Crippen molar-refractivity contribution in [2.24, 2.45) is 0 Å². The van der Waals surface area contributed by atoms with Gasteiger partial charge < -0.3 is 0 Å². The number of rotatable bonds is 3. The number of Topliss-reactive ketones (excluding diaryl/α,β-unsaturated/α-hetero) is 2. The minimum atomic E-state index is -4.85. The van der Waals surface area contributed by atoms with Gasteiger partial charge in [0.15, 0.2) is 18.2 Å². The predicted octanol–water partition coefficient (Wildman–Crippen LogP) is 1.31. The number of carbonyl (C=O) groups is 2. The van der Waals surface area contributed by atoms with E-state index in [1.165, 1.54) is 31.5 Å². The first-order valence-electron chi connectivity index (χ1n) is 4.41. The van der Waals surface area contributed by atoms with E-state index in [1.807, 2.05) is 0 Å². The van der Waals surface area contributed by atoms with Gasteiger partial charge in [-0.25, -0.2) is 0 Å². The molecule has 16 heavy (non-hydrogen) atoms. The van der Waals surface area contributed by atoms with Crippen LogP contribution in [0, 0.1) is 0 Å². The van der Waals surface area contributed by atoms with E-state index in [9.17, 15) is 22.8 Å². The Labute approximate surface area is 89.5 Å². The summed E-state index contributed by atoms with van der Waals surface area (Å²) in [6, 6.07) is 2.89. The molecule has 0 saturated heterocycles. The average Bonchev–Trinajstić information content (AvgIpc) is 2.16. The van der Waals surface area contributed by atoms with E-state index >= 15 is 0 Å². The van der Waals surface area contributed by atoms with Crippen molar-refractivity contribution in [3.05, 3.63) is 30.1 Å². The first-order valence-corrected chi connectivity index (χ1v) is 4.41. The Balaban J connectivity index is 2.87. The Morgan fingerprint density at radius 3 is 2.50 bits per heavy atom. The molecule has 0 atom stereocenters. The lowest BCUT2D eigenvalue weighted by Gasteiger charge is -2.02. The van der Waals surface area contributed by atoms with Crippen LogP contribution in [0.4, 0.5) is 13.2 Å². The highest BCUT2D eigenvalue weighted by Gasteiger charge is 2.40. The molecule has 1 aromatic heterocycles. The van der Waals surface area contributed by atoms with Gasteiger partial charge in [-0.1, -0.05) is 0 Å². The fraction of sp³-hybridized carbons (Fsp3) is 0.300. The third-order valence-electron chi connectivity index (χ3n) is 1.91. The number of hydrogen-bond donors (Lipinski definition) is 0. The number of carbonyl (C=O) groups excluding carboxylic acids is 2. The van der Waals surface area contributed by atoms with Crippen LogP contribution in [-0.2, 0) is 11.3 Å². The smallest absolute Gasteiger partial charge is 0.294 e. The number of pyridine rings is 1. The Bertz CT molecular complexity index is 426. The van der Waals surface area contributed by atoms with E-state index in [-0.39, 0.29) is 11.3 Å². The van der Waals surface area contributed by atoms with Gasteiger partial charge in [-0.2, -0.15) is 17.7 Å². The first-order chi connectivity index (χ1) is 7.30. The largest absolute Gasteiger partial charge is 0.456 e. The maximum atomic E-state index is 12.0. The van der Waals surface area contributed by atoms with E-state index in [4.69, 9.17) is 0 Å². The second kappa shape index (κ2) is 4.42. The zero-order chi connectivity index (χ0) is 12.3. The molecule has 0 aromatic carbocycles. The molecule has 86 valence electrons. The van der Waals surface area contributed by atoms with Crippen molar-refractivity contribution in [3.63, 3.8) is 0 Å². The monoisotopic (exact) mass is 232 g/mol. The minimum absolute atomic E-state index is 0.262. The third-order valence-corrected chi connectivity index (χ3v) is 1.91. The molecule has 0 aliphatic rings. The fourth-order valence-electron chi connectivity index (χ4n) is 1.08. The summed E-state index contributed by atoms with van der Waals surface area (Å²) < 4.78 is 36.9. The summed E-state index contributed by atoms with van der Waals surface area (Å²) >= 11 is 0. The molecule has 0 spiro atoms. The lowest BCUT2D eigenvalue weighted by Crippen LogP contribution is -2.42. The van der Waals surface area contributed by atoms with E-state index in [2.05, 4.69) is 0 Å². The van der Waals surface area contributed by atoms with Gasteiger partial charge in [-0.05, 0) is 13.0 Å². The zero-order valence-corrected chi connectivity index (χ0v) is 8.41. The molecule has 1 rings (SSSR count). The van der Waals surface area contributed by atoms with Crippen molar-refractivity contribution < 1.29 is 27.3 Å². The summed E-state index contributed by atoms with van der Waals surface area (Å²) in [5.41, 5.74) is 0.262. The van der Waals surface area contributed by atoms with Crippen LogP contribution in [0.3, 0.4) is 0 Å². The van der Waals surface area contributed by atoms with Gasteiger partial charge >= 0.3 is 12.0 Å². The van der Waals surface area contributed by atoms with Crippen LogP contribution in [-0.4, -0.2) is 17.7 Å². The molecular weight excluding hydrogens is 223 g/mol. The summed E-state index contributed by atoms with van der Waals surface area (Å²) in [5, 5.41) is 0. The SMILES string of the molecule is CC(=O)c1ccc[n+](CC(=O)C(F)(F)F)c1. The Morgan fingerprint density at radius 2 is 2.00 bits per heavy atom. The Hall–Kier alpha value is -1.72. The maximum Gasteiger partial charge on any atom is 0.456 e. The van der Waals surface area contributed by atoms with Crippen LogP contribution in [0.5, 0.6) is 0 Å². The van der Waals surface area contributed by atoms with Crippen molar-refractivity contribution in [2.75, 3.05) is 0 Å². The Kier molecular flexibility index (Phi) is 3.41. The number of alkyl halides is 3. The normalized spacial score (nSPS) is 11.2. The molecule has 6 heteroatoms. The van der Waals surface area contributed by atoms with Gasteiger partial charge in [0.1, 0.15) is 0 Å². The molecule has 0 unspecified atom stereocenters. The molecule has 0 aliphatic carbocycles. The lowest BCUT2D eigenvalue weighted by atomic mass is 10.2.